The molecule has 0 radical (unpaired) electrons. The molecule has 2 aromatic rings. The number of fused-ring (bicyclic) bond motifs is 1. The van der Waals surface area contributed by atoms with Gasteiger partial charge in [0.2, 0.25) is 0 Å². The van der Waals surface area contributed by atoms with Crippen LogP contribution in [0.5, 0.6) is 0 Å². The largest absolute Gasteiger partial charge is 0.324 e. The van der Waals surface area contributed by atoms with Crippen LogP contribution in [0, 0.1) is 0 Å². The maximum Gasteiger partial charge on any atom is 0.0912 e. The van der Waals surface area contributed by atoms with Crippen molar-refractivity contribution >= 4 is 23.3 Å². The van der Waals surface area contributed by atoms with Crippen molar-refractivity contribution in [2.45, 2.75) is 12.5 Å². The zero-order valence-electron chi connectivity index (χ0n) is 8.77. The Balaban J connectivity index is 0.00000128. The van der Waals surface area contributed by atoms with Crippen LogP contribution in [0.3, 0.4) is 0 Å². The Morgan fingerprint density at radius 3 is 2.75 bits per heavy atom. The number of pyridine rings is 1. The van der Waals surface area contributed by atoms with E-state index in [1.165, 1.54) is 0 Å². The molecule has 1 atom stereocenters. The number of alkyl halides is 1. The van der Waals surface area contributed by atoms with Gasteiger partial charge in [-0.25, -0.2) is 0 Å². The van der Waals surface area contributed by atoms with Gasteiger partial charge in [-0.3, -0.25) is 9.37 Å². The first-order chi connectivity index (χ1) is 7.33. The van der Waals surface area contributed by atoms with E-state index in [1.54, 1.807) is 6.20 Å². The Morgan fingerprint density at radius 1 is 1.25 bits per heavy atom. The van der Waals surface area contributed by atoms with Crippen molar-refractivity contribution in [3.63, 3.8) is 0 Å². The van der Waals surface area contributed by atoms with Crippen molar-refractivity contribution in [1.29, 1.82) is 0 Å². The molecule has 0 fully saturated rings. The van der Waals surface area contributed by atoms with E-state index in [-0.39, 0.29) is 18.4 Å². The third kappa shape index (κ3) is 2.49. The Kier molecular flexibility index (Phi) is 4.65. The molecule has 0 aliphatic carbocycles. The van der Waals surface area contributed by atoms with E-state index in [2.05, 4.69) is 4.98 Å². The molecule has 1 heterocycles. The second-order valence-corrected chi connectivity index (χ2v) is 3.50. The highest BCUT2D eigenvalue weighted by molar-refractivity contribution is 5.85. The van der Waals surface area contributed by atoms with E-state index in [1.807, 2.05) is 30.3 Å². The highest BCUT2D eigenvalue weighted by Gasteiger charge is 2.09. The Bertz CT molecular complexity index is 456. The molecule has 0 aliphatic rings. The third-order valence-electron chi connectivity index (χ3n) is 2.50. The summed E-state index contributed by atoms with van der Waals surface area (Å²) in [5, 5.41) is 1.01. The number of hydrogen-bond acceptors (Lipinski definition) is 2. The summed E-state index contributed by atoms with van der Waals surface area (Å²) in [4.78, 5) is 4.24. The number of nitrogens with zero attached hydrogens (tertiary/aromatic N) is 1. The van der Waals surface area contributed by atoms with Gasteiger partial charge < -0.3 is 5.73 Å². The molecule has 0 saturated carbocycles. The molecular weight excluding hydrogens is 227 g/mol. The first kappa shape index (κ1) is 12.9. The van der Waals surface area contributed by atoms with Gasteiger partial charge >= 0.3 is 0 Å². The second kappa shape index (κ2) is 5.77. The zero-order valence-corrected chi connectivity index (χ0v) is 9.58. The van der Waals surface area contributed by atoms with Crippen molar-refractivity contribution < 1.29 is 4.39 Å². The van der Waals surface area contributed by atoms with Gasteiger partial charge in [-0.2, -0.15) is 0 Å². The lowest BCUT2D eigenvalue weighted by atomic mass is 10.0. The Morgan fingerprint density at radius 2 is 2.00 bits per heavy atom. The normalized spacial score (nSPS) is 12.1. The Labute approximate surface area is 100 Å². The summed E-state index contributed by atoms with van der Waals surface area (Å²) in [6.45, 7) is -0.391. The average molecular weight is 241 g/mol. The maximum atomic E-state index is 12.2. The van der Waals surface area contributed by atoms with Gasteiger partial charge in [0, 0.05) is 17.6 Å². The number of nitrogens with two attached hydrogens (primary N) is 1. The minimum atomic E-state index is -0.391. The smallest absolute Gasteiger partial charge is 0.0912 e. The lowest BCUT2D eigenvalue weighted by molar-refractivity contribution is 0.442. The molecule has 2 nitrogen and oxygen atoms in total. The number of halogens is 2. The van der Waals surface area contributed by atoms with Crippen LogP contribution in [0.15, 0.2) is 36.5 Å². The Hall–Kier alpha value is -1.19. The van der Waals surface area contributed by atoms with Gasteiger partial charge in [0.15, 0.2) is 0 Å². The number of rotatable bonds is 3. The summed E-state index contributed by atoms with van der Waals surface area (Å²) in [6.07, 6.45) is 2.07. The van der Waals surface area contributed by atoms with Crippen molar-refractivity contribution in [3.8, 4) is 0 Å². The fourth-order valence-corrected chi connectivity index (χ4v) is 1.71. The van der Waals surface area contributed by atoms with Crippen LogP contribution in [0.25, 0.3) is 10.9 Å². The molecule has 2 rings (SSSR count). The van der Waals surface area contributed by atoms with Gasteiger partial charge in [-0.1, -0.05) is 18.2 Å². The van der Waals surface area contributed by atoms with Gasteiger partial charge in [-0.05, 0) is 24.1 Å². The highest BCUT2D eigenvalue weighted by Crippen LogP contribution is 2.22. The van der Waals surface area contributed by atoms with Gasteiger partial charge in [0.05, 0.1) is 12.2 Å². The fraction of sp³-hybridized carbons (Fsp3) is 0.250. The average Bonchev–Trinajstić information content (AvgIpc) is 2.28. The molecule has 0 aliphatic heterocycles. The van der Waals surface area contributed by atoms with Crippen molar-refractivity contribution in [3.05, 3.63) is 42.1 Å². The van der Waals surface area contributed by atoms with Crippen LogP contribution in [-0.2, 0) is 0 Å². The molecule has 0 unspecified atom stereocenters. The standard InChI is InChI=1S/C12H13FN2.ClH/c13-7-5-11(14)9-6-8-15-12-4-2-1-3-10(9)12;/h1-4,6,8,11H,5,7,14H2;1H/t11-;/m0./s1. The summed E-state index contributed by atoms with van der Waals surface area (Å²) < 4.78 is 12.2. The number of para-hydroxylation sites is 1. The summed E-state index contributed by atoms with van der Waals surface area (Å²) in [5.41, 5.74) is 7.78. The SMILES string of the molecule is Cl.N[C@@H](CCF)c1ccnc2ccccc12. The highest BCUT2D eigenvalue weighted by atomic mass is 35.5. The van der Waals surface area contributed by atoms with E-state index in [4.69, 9.17) is 5.73 Å². The molecule has 86 valence electrons. The van der Waals surface area contributed by atoms with E-state index in [0.717, 1.165) is 16.5 Å². The summed E-state index contributed by atoms with van der Waals surface area (Å²) in [7, 11) is 0. The summed E-state index contributed by atoms with van der Waals surface area (Å²) in [6, 6.07) is 9.39. The quantitative estimate of drug-likeness (QED) is 0.896. The molecule has 0 bridgehead atoms. The summed E-state index contributed by atoms with van der Waals surface area (Å²) >= 11 is 0. The van der Waals surface area contributed by atoms with E-state index < -0.39 is 6.67 Å². The van der Waals surface area contributed by atoms with E-state index in [0.29, 0.717) is 6.42 Å². The van der Waals surface area contributed by atoms with Crippen molar-refractivity contribution in [2.24, 2.45) is 5.73 Å². The second-order valence-electron chi connectivity index (χ2n) is 3.50. The van der Waals surface area contributed by atoms with Gasteiger partial charge in [0.1, 0.15) is 0 Å². The minimum Gasteiger partial charge on any atom is -0.324 e. The van der Waals surface area contributed by atoms with Crippen LogP contribution in [-0.4, -0.2) is 11.7 Å². The minimum absolute atomic E-state index is 0. The molecule has 0 amide bonds. The predicted molar refractivity (Wildman–Crippen MR) is 66.5 cm³/mol. The molecule has 0 spiro atoms. The van der Waals surface area contributed by atoms with Crippen LogP contribution in [0.1, 0.15) is 18.0 Å². The van der Waals surface area contributed by atoms with Gasteiger partial charge in [-0.15, -0.1) is 12.4 Å². The number of aromatic nitrogens is 1. The zero-order chi connectivity index (χ0) is 10.7. The molecular formula is C12H14ClFN2. The molecule has 16 heavy (non-hydrogen) atoms. The topological polar surface area (TPSA) is 38.9 Å². The number of hydrogen-bond donors (Lipinski definition) is 1. The van der Waals surface area contributed by atoms with Crippen LogP contribution < -0.4 is 5.73 Å². The lowest BCUT2D eigenvalue weighted by Gasteiger charge is -2.12. The van der Waals surface area contributed by atoms with E-state index >= 15 is 0 Å². The number of benzene rings is 1. The monoisotopic (exact) mass is 240 g/mol. The van der Waals surface area contributed by atoms with Crippen LogP contribution >= 0.6 is 12.4 Å². The van der Waals surface area contributed by atoms with Crippen LogP contribution in [0.2, 0.25) is 0 Å². The van der Waals surface area contributed by atoms with Gasteiger partial charge in [0.25, 0.3) is 0 Å². The first-order valence-electron chi connectivity index (χ1n) is 4.98. The molecule has 1 aromatic heterocycles. The molecule has 1 aromatic carbocycles. The maximum absolute atomic E-state index is 12.2. The third-order valence-corrected chi connectivity index (χ3v) is 2.50. The van der Waals surface area contributed by atoms with Crippen molar-refractivity contribution in [1.82, 2.24) is 4.98 Å². The summed E-state index contributed by atoms with van der Waals surface area (Å²) in [5.74, 6) is 0. The molecule has 2 N–H and O–H groups in total. The van der Waals surface area contributed by atoms with Crippen molar-refractivity contribution in [2.75, 3.05) is 6.67 Å². The fourth-order valence-electron chi connectivity index (χ4n) is 1.71. The molecule has 0 saturated heterocycles. The predicted octanol–water partition coefficient (Wildman–Crippen LogP) is 3.02. The lowest BCUT2D eigenvalue weighted by Crippen LogP contribution is -2.11. The van der Waals surface area contributed by atoms with Crippen LogP contribution in [0.4, 0.5) is 4.39 Å². The molecule has 4 heteroatoms. The van der Waals surface area contributed by atoms with E-state index in [9.17, 15) is 4.39 Å². The first-order valence-corrected chi connectivity index (χ1v) is 4.98.